The number of carbonyl (C=O) groups excluding carboxylic acids is 1. The van der Waals surface area contributed by atoms with Gasteiger partial charge in [-0.25, -0.2) is 4.68 Å². The zero-order valence-corrected chi connectivity index (χ0v) is 18.9. The van der Waals surface area contributed by atoms with Gasteiger partial charge in [0.15, 0.2) is 0 Å². The van der Waals surface area contributed by atoms with E-state index in [1.165, 1.54) is 13.0 Å². The van der Waals surface area contributed by atoms with Crippen molar-refractivity contribution in [3.8, 4) is 11.8 Å². The maximum Gasteiger partial charge on any atom is 0.418 e. The summed E-state index contributed by atoms with van der Waals surface area (Å²) in [5.41, 5.74) is -3.45. The van der Waals surface area contributed by atoms with Crippen LogP contribution < -0.4 is 5.32 Å². The molecule has 0 saturated heterocycles. The second kappa shape index (κ2) is 9.64. The van der Waals surface area contributed by atoms with Crippen molar-refractivity contribution in [3.63, 3.8) is 0 Å². The Labute approximate surface area is 204 Å². The van der Waals surface area contributed by atoms with Crippen LogP contribution in [0.15, 0.2) is 48.0 Å². The van der Waals surface area contributed by atoms with Gasteiger partial charge in [0.1, 0.15) is 16.8 Å². The fourth-order valence-corrected chi connectivity index (χ4v) is 3.57. The Balaban J connectivity index is 2.01. The van der Waals surface area contributed by atoms with Crippen molar-refractivity contribution in [2.24, 2.45) is 0 Å². The summed E-state index contributed by atoms with van der Waals surface area (Å²) in [6, 6.07) is 8.57. The fraction of sp³-hybridized carbons (Fsp3) is 0.136. The molecule has 2 aromatic carbocycles. The topological polar surface area (TPSA) is 70.7 Å². The van der Waals surface area contributed by atoms with Crippen LogP contribution in [0.4, 0.5) is 32.0 Å². The number of nitrogens with zero attached hydrogens (tertiary/aromatic N) is 3. The molecule has 5 nitrogen and oxygen atoms in total. The lowest BCUT2D eigenvalue weighted by Gasteiger charge is -2.14. The van der Waals surface area contributed by atoms with E-state index in [2.05, 4.69) is 5.10 Å². The molecule has 0 saturated carbocycles. The van der Waals surface area contributed by atoms with E-state index in [0.29, 0.717) is 6.07 Å². The lowest BCUT2D eigenvalue weighted by Crippen LogP contribution is -2.18. The Bertz CT molecular complexity index is 1370. The van der Waals surface area contributed by atoms with E-state index in [-0.39, 0.29) is 22.1 Å². The number of halogens is 8. The van der Waals surface area contributed by atoms with Gasteiger partial charge in [-0.3, -0.25) is 4.79 Å². The molecule has 1 heterocycles. The zero-order valence-electron chi connectivity index (χ0n) is 17.4. The molecule has 1 N–H and O–H groups in total. The van der Waals surface area contributed by atoms with Gasteiger partial charge in [0, 0.05) is 5.56 Å². The van der Waals surface area contributed by atoms with Crippen LogP contribution in [0.5, 0.6) is 0 Å². The number of nitrogens with one attached hydrogen (secondary N) is 1. The first-order valence-corrected chi connectivity index (χ1v) is 10.2. The van der Waals surface area contributed by atoms with Crippen molar-refractivity contribution < 1.29 is 31.1 Å². The highest BCUT2D eigenvalue weighted by Gasteiger charge is 2.35. The number of aromatic nitrogens is 2. The number of alkyl halides is 6. The first kappa shape index (κ1) is 26.1. The van der Waals surface area contributed by atoms with Gasteiger partial charge in [-0.05, 0) is 43.3 Å². The van der Waals surface area contributed by atoms with Gasteiger partial charge in [0.25, 0.3) is 5.91 Å². The summed E-state index contributed by atoms with van der Waals surface area (Å²) in [7, 11) is 0. The molecule has 3 rings (SSSR count). The van der Waals surface area contributed by atoms with Gasteiger partial charge in [0.05, 0.1) is 33.2 Å². The summed E-state index contributed by atoms with van der Waals surface area (Å²) >= 11 is 12.1. The molecule has 0 unspecified atom stereocenters. The summed E-state index contributed by atoms with van der Waals surface area (Å²) in [5, 5.41) is 14.8. The highest BCUT2D eigenvalue weighted by Crippen LogP contribution is 2.39. The van der Waals surface area contributed by atoms with Crippen LogP contribution in [0.1, 0.15) is 22.4 Å². The van der Waals surface area contributed by atoms with E-state index in [0.717, 1.165) is 41.1 Å². The SMILES string of the molecule is Cc1nn(-c2cccc(C(F)(F)F)c2)c(Cl)c1/C=C(\C#N)C(=O)Nc1c(Cl)cccc1C(F)(F)F. The van der Waals surface area contributed by atoms with Gasteiger partial charge >= 0.3 is 12.4 Å². The lowest BCUT2D eigenvalue weighted by atomic mass is 10.1. The van der Waals surface area contributed by atoms with Crippen LogP contribution in [-0.2, 0) is 17.1 Å². The largest absolute Gasteiger partial charge is 0.418 e. The number of rotatable bonds is 4. The lowest BCUT2D eigenvalue weighted by molar-refractivity contribution is -0.138. The molecular weight excluding hydrogens is 521 g/mol. The number of para-hydroxylation sites is 1. The van der Waals surface area contributed by atoms with Crippen molar-refractivity contribution in [2.45, 2.75) is 19.3 Å². The second-order valence-corrected chi connectivity index (χ2v) is 7.80. The summed E-state index contributed by atoms with van der Waals surface area (Å²) in [4.78, 5) is 12.6. The predicted octanol–water partition coefficient (Wildman–Crippen LogP) is 7.07. The van der Waals surface area contributed by atoms with Gasteiger partial charge in [-0.15, -0.1) is 0 Å². The highest BCUT2D eigenvalue weighted by atomic mass is 35.5. The van der Waals surface area contributed by atoms with E-state index >= 15 is 0 Å². The third-order valence-corrected chi connectivity index (χ3v) is 5.36. The summed E-state index contributed by atoms with van der Waals surface area (Å²) in [5.74, 6) is -1.21. The van der Waals surface area contributed by atoms with Crippen molar-refractivity contribution in [1.29, 1.82) is 5.26 Å². The molecule has 13 heteroatoms. The van der Waals surface area contributed by atoms with Crippen molar-refractivity contribution in [1.82, 2.24) is 9.78 Å². The number of carbonyl (C=O) groups is 1. The smallest absolute Gasteiger partial charge is 0.319 e. The van der Waals surface area contributed by atoms with Crippen LogP contribution in [0.25, 0.3) is 11.8 Å². The standard InChI is InChI=1S/C22H12Cl2F6N4O/c1-11-15(19(24)34(33-11)14-5-2-4-13(9-14)21(25,26)27)8-12(10-31)20(35)32-18-16(22(28,29)30)6-3-7-17(18)23/h2-9H,1H3,(H,32,35)/b12-8+. The minimum absolute atomic E-state index is 0.00554. The minimum atomic E-state index is -4.84. The Hall–Kier alpha value is -3.49. The number of hydrogen-bond acceptors (Lipinski definition) is 3. The first-order chi connectivity index (χ1) is 16.2. The molecule has 0 aliphatic rings. The molecule has 0 fully saturated rings. The van der Waals surface area contributed by atoms with Crippen molar-refractivity contribution in [2.75, 3.05) is 5.32 Å². The van der Waals surface area contributed by atoms with Crippen LogP contribution in [0, 0.1) is 18.3 Å². The Kier molecular flexibility index (Phi) is 7.19. The normalized spacial score (nSPS) is 12.4. The molecule has 0 aliphatic carbocycles. The molecule has 0 bridgehead atoms. The number of hydrogen-bond donors (Lipinski definition) is 1. The Morgan fingerprint density at radius 2 is 1.74 bits per heavy atom. The average molecular weight is 533 g/mol. The summed E-state index contributed by atoms with van der Waals surface area (Å²) in [6.45, 7) is 1.42. The maximum atomic E-state index is 13.3. The average Bonchev–Trinajstić information content (AvgIpc) is 3.05. The van der Waals surface area contributed by atoms with E-state index < -0.39 is 45.7 Å². The van der Waals surface area contributed by atoms with Crippen LogP contribution in [0.2, 0.25) is 10.2 Å². The maximum absolute atomic E-state index is 13.3. The number of benzene rings is 2. The molecule has 35 heavy (non-hydrogen) atoms. The molecule has 1 aromatic heterocycles. The highest BCUT2D eigenvalue weighted by molar-refractivity contribution is 6.34. The first-order valence-electron chi connectivity index (χ1n) is 9.45. The zero-order chi connectivity index (χ0) is 26.1. The van der Waals surface area contributed by atoms with Gasteiger partial charge in [0.2, 0.25) is 0 Å². The summed E-state index contributed by atoms with van der Waals surface area (Å²) in [6.07, 6.45) is -8.49. The quantitative estimate of drug-likeness (QED) is 0.222. The molecule has 0 aliphatic heterocycles. The minimum Gasteiger partial charge on any atom is -0.319 e. The third kappa shape index (κ3) is 5.61. The van der Waals surface area contributed by atoms with Gasteiger partial charge in [-0.1, -0.05) is 35.3 Å². The van der Waals surface area contributed by atoms with E-state index in [1.807, 2.05) is 5.32 Å². The molecular formula is C22H12Cl2F6N4O. The molecule has 1 amide bonds. The van der Waals surface area contributed by atoms with Crippen LogP contribution >= 0.6 is 23.2 Å². The Morgan fingerprint density at radius 1 is 1.09 bits per heavy atom. The molecule has 0 radical (unpaired) electrons. The number of anilines is 1. The van der Waals surface area contributed by atoms with Crippen molar-refractivity contribution >= 4 is 40.9 Å². The van der Waals surface area contributed by atoms with E-state index in [4.69, 9.17) is 23.2 Å². The van der Waals surface area contributed by atoms with E-state index in [1.54, 1.807) is 6.07 Å². The number of nitriles is 1. The molecule has 182 valence electrons. The predicted molar refractivity (Wildman–Crippen MR) is 117 cm³/mol. The van der Waals surface area contributed by atoms with E-state index in [9.17, 15) is 36.4 Å². The number of amides is 1. The molecule has 0 spiro atoms. The summed E-state index contributed by atoms with van der Waals surface area (Å²) < 4.78 is 80.0. The molecule has 0 atom stereocenters. The van der Waals surface area contributed by atoms with Crippen LogP contribution in [-0.4, -0.2) is 15.7 Å². The van der Waals surface area contributed by atoms with Gasteiger partial charge in [-0.2, -0.15) is 36.7 Å². The molecule has 3 aromatic rings. The third-order valence-electron chi connectivity index (χ3n) is 4.68. The fourth-order valence-electron chi connectivity index (χ4n) is 3.02. The Morgan fingerprint density at radius 3 is 2.34 bits per heavy atom. The number of aryl methyl sites for hydroxylation is 1. The monoisotopic (exact) mass is 532 g/mol. The van der Waals surface area contributed by atoms with Crippen molar-refractivity contribution in [3.05, 3.63) is 80.6 Å². The van der Waals surface area contributed by atoms with Gasteiger partial charge < -0.3 is 5.32 Å². The second-order valence-electron chi connectivity index (χ2n) is 7.03. The van der Waals surface area contributed by atoms with Crippen LogP contribution in [0.3, 0.4) is 0 Å².